The van der Waals surface area contributed by atoms with Crippen molar-refractivity contribution in [1.82, 2.24) is 4.90 Å². The van der Waals surface area contributed by atoms with Crippen molar-refractivity contribution in [3.8, 4) is 5.75 Å². The number of benzene rings is 1. The molecule has 2 fully saturated rings. The van der Waals surface area contributed by atoms with Gasteiger partial charge < -0.3 is 9.47 Å². The van der Waals surface area contributed by atoms with E-state index in [4.69, 9.17) is 9.47 Å². The number of Topliss-reactive ketones (excluding diaryl/α,β-unsaturated/α-hetero) is 1. The minimum atomic E-state index is -0.550. The van der Waals surface area contributed by atoms with Crippen LogP contribution in [0.25, 0.3) is 0 Å². The van der Waals surface area contributed by atoms with Gasteiger partial charge in [0.25, 0.3) is 0 Å². The number of ether oxygens (including phenoxy) is 2. The first-order valence-electron chi connectivity index (χ1n) is 10.5. The molecule has 0 aromatic heterocycles. The quantitative estimate of drug-likeness (QED) is 0.523. The highest BCUT2D eigenvalue weighted by molar-refractivity contribution is 5.99. The van der Waals surface area contributed by atoms with E-state index in [2.05, 4.69) is 45.6 Å². The van der Waals surface area contributed by atoms with E-state index in [1.807, 2.05) is 24.3 Å². The number of hydrogen-bond acceptors (Lipinski definition) is 4. The molecule has 0 bridgehead atoms. The Morgan fingerprint density at radius 3 is 2.54 bits per heavy atom. The third-order valence-electron chi connectivity index (χ3n) is 6.58. The van der Waals surface area contributed by atoms with E-state index in [0.717, 1.165) is 25.1 Å². The number of ketones is 1. The van der Waals surface area contributed by atoms with E-state index >= 15 is 0 Å². The van der Waals surface area contributed by atoms with Crippen LogP contribution in [-0.2, 0) is 4.74 Å². The van der Waals surface area contributed by atoms with Gasteiger partial charge in [0.15, 0.2) is 6.23 Å². The van der Waals surface area contributed by atoms with E-state index in [0.29, 0.717) is 17.4 Å². The molecule has 0 spiro atoms. The number of allylic oxidation sites excluding steroid dienone is 1. The van der Waals surface area contributed by atoms with Gasteiger partial charge in [0.1, 0.15) is 5.75 Å². The number of carbonyl (C=O) groups is 1. The third-order valence-corrected chi connectivity index (χ3v) is 6.58. The number of nitrogens with zero attached hydrogens (tertiary/aromatic N) is 1. The first-order valence-corrected chi connectivity index (χ1v) is 10.5. The highest BCUT2D eigenvalue weighted by atomic mass is 16.5. The number of rotatable bonds is 5. The Morgan fingerprint density at radius 2 is 1.93 bits per heavy atom. The molecule has 1 saturated carbocycles. The average molecular weight is 386 g/mol. The summed E-state index contributed by atoms with van der Waals surface area (Å²) in [5, 5.41) is 0. The molecule has 3 rings (SSSR count). The molecule has 4 heteroatoms. The van der Waals surface area contributed by atoms with Gasteiger partial charge in [-0.15, -0.1) is 0 Å². The molecule has 1 aliphatic carbocycles. The summed E-state index contributed by atoms with van der Waals surface area (Å²) in [5.41, 5.74) is 1.83. The fourth-order valence-electron chi connectivity index (χ4n) is 4.75. The number of carbonyl (C=O) groups excluding carboxylic acids is 1. The van der Waals surface area contributed by atoms with Crippen molar-refractivity contribution >= 4 is 5.78 Å². The van der Waals surface area contributed by atoms with Crippen molar-refractivity contribution < 1.29 is 14.3 Å². The lowest BCUT2D eigenvalue weighted by molar-refractivity contribution is -0.210. The van der Waals surface area contributed by atoms with E-state index in [-0.39, 0.29) is 17.4 Å². The Balaban J connectivity index is 1.93. The summed E-state index contributed by atoms with van der Waals surface area (Å²) in [7, 11) is 1.63. The van der Waals surface area contributed by atoms with Crippen LogP contribution in [0.2, 0.25) is 0 Å². The minimum Gasteiger partial charge on any atom is -0.497 e. The molecule has 0 N–H and O–H groups in total. The molecule has 1 heterocycles. The molecular formula is C24H35NO3. The van der Waals surface area contributed by atoms with Gasteiger partial charge in [0, 0.05) is 23.6 Å². The van der Waals surface area contributed by atoms with Gasteiger partial charge in [-0.25, -0.2) is 0 Å². The van der Waals surface area contributed by atoms with Gasteiger partial charge >= 0.3 is 0 Å². The number of fused-ring (bicyclic) bond motifs is 1. The maximum absolute atomic E-state index is 13.5. The van der Waals surface area contributed by atoms with Crippen molar-refractivity contribution in [2.24, 2.45) is 11.8 Å². The topological polar surface area (TPSA) is 38.8 Å². The maximum Gasteiger partial charge on any atom is 0.206 e. The predicted molar refractivity (Wildman–Crippen MR) is 113 cm³/mol. The Morgan fingerprint density at radius 1 is 1.25 bits per heavy atom. The van der Waals surface area contributed by atoms with Gasteiger partial charge in [-0.3, -0.25) is 9.69 Å². The fraction of sp³-hybridized carbons (Fsp3) is 0.625. The van der Waals surface area contributed by atoms with Crippen molar-refractivity contribution in [2.75, 3.05) is 13.7 Å². The molecule has 1 aromatic carbocycles. The van der Waals surface area contributed by atoms with Crippen LogP contribution in [0.3, 0.4) is 0 Å². The summed E-state index contributed by atoms with van der Waals surface area (Å²) in [6.45, 7) is 11.8. The largest absolute Gasteiger partial charge is 0.497 e. The molecule has 2 aliphatic rings. The number of hydrogen-bond donors (Lipinski definition) is 0. The van der Waals surface area contributed by atoms with Crippen molar-refractivity contribution in [1.29, 1.82) is 0 Å². The molecule has 1 saturated heterocycles. The second-order valence-corrected chi connectivity index (χ2v) is 9.23. The molecule has 0 unspecified atom stereocenters. The summed E-state index contributed by atoms with van der Waals surface area (Å²) < 4.78 is 11.8. The average Bonchev–Trinajstić information content (AvgIpc) is 2.65. The maximum atomic E-state index is 13.5. The zero-order chi connectivity index (χ0) is 20.5. The Kier molecular flexibility index (Phi) is 6.31. The van der Waals surface area contributed by atoms with E-state index in [9.17, 15) is 4.79 Å². The summed E-state index contributed by atoms with van der Waals surface area (Å²) in [6, 6.07) is 7.36. The number of methoxy groups -OCH3 is 1. The molecule has 1 aliphatic heterocycles. The monoisotopic (exact) mass is 385 g/mol. The van der Waals surface area contributed by atoms with E-state index < -0.39 is 6.23 Å². The van der Waals surface area contributed by atoms with Gasteiger partial charge in [-0.1, -0.05) is 25.0 Å². The second-order valence-electron chi connectivity index (χ2n) is 9.23. The summed E-state index contributed by atoms with van der Waals surface area (Å²) in [4.78, 5) is 15.7. The van der Waals surface area contributed by atoms with Gasteiger partial charge in [-0.05, 0) is 70.7 Å². The molecule has 28 heavy (non-hydrogen) atoms. The van der Waals surface area contributed by atoms with Crippen LogP contribution in [0, 0.1) is 11.8 Å². The smallest absolute Gasteiger partial charge is 0.206 e. The van der Waals surface area contributed by atoms with Gasteiger partial charge in [0.05, 0.1) is 13.2 Å². The molecule has 0 radical (unpaired) electrons. The van der Waals surface area contributed by atoms with E-state index in [1.165, 1.54) is 12.0 Å². The summed E-state index contributed by atoms with van der Waals surface area (Å²) in [6.07, 6.45) is 5.23. The SMILES string of the molecule is COc1ccc(C(=O)[C@@H]2O[C@@H]3C[C@H](C)CC[C@H]3C(C)(C)N2CC=C(C)C)cc1. The predicted octanol–water partition coefficient (Wildman–Crippen LogP) is 5.09. The van der Waals surface area contributed by atoms with Crippen LogP contribution >= 0.6 is 0 Å². The van der Waals surface area contributed by atoms with Crippen LogP contribution in [0.4, 0.5) is 0 Å². The lowest BCUT2D eigenvalue weighted by Crippen LogP contribution is -2.66. The molecular weight excluding hydrogens is 350 g/mol. The molecule has 154 valence electrons. The zero-order valence-electron chi connectivity index (χ0n) is 18.2. The van der Waals surface area contributed by atoms with Crippen LogP contribution in [0.15, 0.2) is 35.9 Å². The van der Waals surface area contributed by atoms with Gasteiger partial charge in [0.2, 0.25) is 5.78 Å². The Bertz CT molecular complexity index is 718. The second kappa shape index (κ2) is 8.38. The van der Waals surface area contributed by atoms with Crippen LogP contribution in [-0.4, -0.2) is 42.2 Å². The van der Waals surface area contributed by atoms with Gasteiger partial charge in [-0.2, -0.15) is 0 Å². The molecule has 0 amide bonds. The zero-order valence-corrected chi connectivity index (χ0v) is 18.2. The lowest BCUT2D eigenvalue weighted by Gasteiger charge is -2.56. The normalized spacial score (nSPS) is 29.6. The van der Waals surface area contributed by atoms with Crippen LogP contribution in [0.5, 0.6) is 5.75 Å². The fourth-order valence-corrected chi connectivity index (χ4v) is 4.75. The van der Waals surface area contributed by atoms with Crippen LogP contribution in [0.1, 0.15) is 64.2 Å². The minimum absolute atomic E-state index is 0.0366. The summed E-state index contributed by atoms with van der Waals surface area (Å²) >= 11 is 0. The first-order chi connectivity index (χ1) is 13.2. The highest BCUT2D eigenvalue weighted by Crippen LogP contribution is 2.45. The third kappa shape index (κ3) is 4.18. The highest BCUT2D eigenvalue weighted by Gasteiger charge is 2.52. The molecule has 4 atom stereocenters. The van der Waals surface area contributed by atoms with E-state index in [1.54, 1.807) is 7.11 Å². The lowest BCUT2D eigenvalue weighted by atomic mass is 9.69. The van der Waals surface area contributed by atoms with Crippen molar-refractivity contribution in [3.05, 3.63) is 41.5 Å². The first kappa shape index (κ1) is 21.1. The van der Waals surface area contributed by atoms with Crippen molar-refractivity contribution in [3.63, 3.8) is 0 Å². The standard InChI is InChI=1S/C24H35NO3/c1-16(2)13-14-25-23(22(26)18-8-10-19(27-6)11-9-18)28-21-15-17(3)7-12-20(21)24(25,4)5/h8-11,13,17,20-21,23H,7,12,14-15H2,1-6H3/t17-,20-,21-,23+/m1/s1. The summed E-state index contributed by atoms with van der Waals surface area (Å²) in [5.74, 6) is 1.89. The van der Waals surface area contributed by atoms with Crippen LogP contribution < -0.4 is 4.74 Å². The molecule has 4 nitrogen and oxygen atoms in total. The Hall–Kier alpha value is -1.65. The Labute approximate surface area is 169 Å². The van der Waals surface area contributed by atoms with Crippen molar-refractivity contribution in [2.45, 2.75) is 71.8 Å². The molecule has 1 aromatic rings.